The van der Waals surface area contributed by atoms with Crippen LogP contribution < -0.4 is 14.4 Å². The van der Waals surface area contributed by atoms with Crippen LogP contribution in [0, 0.1) is 6.92 Å². The lowest BCUT2D eigenvalue weighted by atomic mass is 10.1. The Morgan fingerprint density at radius 2 is 1.74 bits per heavy atom. The van der Waals surface area contributed by atoms with E-state index in [1.807, 2.05) is 6.92 Å². The van der Waals surface area contributed by atoms with Crippen molar-refractivity contribution in [3.8, 4) is 11.5 Å². The maximum Gasteiger partial charge on any atom is 0.273 e. The summed E-state index contributed by atoms with van der Waals surface area (Å²) in [5.74, 6) is 0.426. The van der Waals surface area contributed by atoms with Gasteiger partial charge < -0.3 is 14.4 Å². The molecule has 0 unspecified atom stereocenters. The molecule has 0 radical (unpaired) electrons. The lowest BCUT2D eigenvalue weighted by Gasteiger charge is -2.22. The zero-order chi connectivity index (χ0) is 24.4. The predicted molar refractivity (Wildman–Crippen MR) is 134 cm³/mol. The molecule has 3 aromatic rings. The van der Waals surface area contributed by atoms with Gasteiger partial charge in [-0.15, -0.1) is 11.3 Å². The molecule has 2 aromatic carbocycles. The first-order valence-electron chi connectivity index (χ1n) is 10.6. The molecule has 1 aliphatic heterocycles. The topological polar surface area (TPSA) is 72.0 Å². The van der Waals surface area contributed by atoms with Crippen molar-refractivity contribution in [3.05, 3.63) is 62.6 Å². The molecule has 34 heavy (non-hydrogen) atoms. The van der Waals surface area contributed by atoms with E-state index < -0.39 is 5.91 Å². The highest BCUT2D eigenvalue weighted by molar-refractivity contribution is 7.16. The molecule has 4 rings (SSSR count). The normalized spacial score (nSPS) is 13.1. The van der Waals surface area contributed by atoms with Crippen LogP contribution in [0.15, 0.2) is 36.4 Å². The van der Waals surface area contributed by atoms with Crippen LogP contribution >= 0.6 is 34.5 Å². The highest BCUT2D eigenvalue weighted by Crippen LogP contribution is 2.39. The van der Waals surface area contributed by atoms with Gasteiger partial charge in [-0.05, 0) is 50.1 Å². The summed E-state index contributed by atoms with van der Waals surface area (Å²) in [4.78, 5) is 35.4. The molecule has 1 aliphatic rings. The van der Waals surface area contributed by atoms with Crippen molar-refractivity contribution in [2.75, 3.05) is 32.2 Å². The molecular formula is C24H23Cl2N3O4S. The number of rotatable bonds is 6. The molecule has 0 bridgehead atoms. The molecule has 7 nitrogen and oxygen atoms in total. The fraction of sp³-hybridized carbons (Fsp3) is 0.292. The van der Waals surface area contributed by atoms with Crippen LogP contribution in [0.4, 0.5) is 10.8 Å². The number of carbonyl (C=O) groups is 2. The average molecular weight is 520 g/mol. The zero-order valence-electron chi connectivity index (χ0n) is 18.9. The number of hydrogen-bond acceptors (Lipinski definition) is 6. The third-order valence-corrected chi connectivity index (χ3v) is 7.07. The quantitative estimate of drug-likeness (QED) is 0.399. The molecule has 10 heteroatoms. The number of likely N-dealkylation sites (tertiary alicyclic amines) is 1. The van der Waals surface area contributed by atoms with E-state index in [0.29, 0.717) is 46.1 Å². The van der Waals surface area contributed by atoms with Crippen LogP contribution in [-0.2, 0) is 0 Å². The molecule has 178 valence electrons. The fourth-order valence-electron chi connectivity index (χ4n) is 3.81. The van der Waals surface area contributed by atoms with E-state index in [9.17, 15) is 9.59 Å². The van der Waals surface area contributed by atoms with Crippen LogP contribution in [0.2, 0.25) is 10.0 Å². The highest BCUT2D eigenvalue weighted by Gasteiger charge is 2.30. The van der Waals surface area contributed by atoms with Gasteiger partial charge in [0.1, 0.15) is 5.69 Å². The number of benzene rings is 2. The Labute approximate surface area is 211 Å². The summed E-state index contributed by atoms with van der Waals surface area (Å²) in [7, 11) is 3.05. The Hall–Kier alpha value is -2.81. The third kappa shape index (κ3) is 4.71. The van der Waals surface area contributed by atoms with Gasteiger partial charge in [0.2, 0.25) is 0 Å². The fourth-order valence-corrected chi connectivity index (χ4v) is 5.22. The summed E-state index contributed by atoms with van der Waals surface area (Å²) in [6.45, 7) is 3.25. The molecule has 1 aromatic heterocycles. The van der Waals surface area contributed by atoms with Gasteiger partial charge in [0.25, 0.3) is 11.8 Å². The molecule has 1 fully saturated rings. The molecule has 2 amide bonds. The van der Waals surface area contributed by atoms with Crippen molar-refractivity contribution in [1.29, 1.82) is 0 Å². The minimum absolute atomic E-state index is 0.123. The molecule has 0 atom stereocenters. The van der Waals surface area contributed by atoms with Gasteiger partial charge in [0.05, 0.1) is 30.5 Å². The van der Waals surface area contributed by atoms with Gasteiger partial charge in [-0.1, -0.05) is 23.2 Å². The lowest BCUT2D eigenvalue weighted by Crippen LogP contribution is -2.29. The monoisotopic (exact) mass is 519 g/mol. The van der Waals surface area contributed by atoms with Crippen LogP contribution in [-0.4, -0.2) is 49.0 Å². The number of ether oxygens (including phenoxy) is 2. The minimum atomic E-state index is -0.414. The number of amides is 2. The summed E-state index contributed by atoms with van der Waals surface area (Å²) in [5.41, 5.74) is 1.09. The van der Waals surface area contributed by atoms with E-state index in [4.69, 9.17) is 32.7 Å². The number of hydrogen-bond donors (Lipinski definition) is 0. The van der Waals surface area contributed by atoms with E-state index >= 15 is 0 Å². The number of halogens is 2. The van der Waals surface area contributed by atoms with Crippen molar-refractivity contribution in [2.45, 2.75) is 19.8 Å². The Bertz CT molecular complexity index is 1240. The van der Waals surface area contributed by atoms with Gasteiger partial charge in [0, 0.05) is 29.1 Å². The maximum atomic E-state index is 13.8. The van der Waals surface area contributed by atoms with Gasteiger partial charge >= 0.3 is 0 Å². The van der Waals surface area contributed by atoms with E-state index in [1.165, 1.54) is 36.5 Å². The van der Waals surface area contributed by atoms with Crippen LogP contribution in [0.5, 0.6) is 11.5 Å². The van der Waals surface area contributed by atoms with E-state index in [-0.39, 0.29) is 16.5 Å². The van der Waals surface area contributed by atoms with E-state index in [0.717, 1.165) is 17.7 Å². The Morgan fingerprint density at radius 1 is 1.03 bits per heavy atom. The predicted octanol–water partition coefficient (Wildman–Crippen LogP) is 5.99. The molecular weight excluding hydrogens is 497 g/mol. The van der Waals surface area contributed by atoms with Crippen molar-refractivity contribution < 1.29 is 19.1 Å². The summed E-state index contributed by atoms with van der Waals surface area (Å²) >= 11 is 13.7. The second-order valence-electron chi connectivity index (χ2n) is 7.70. The summed E-state index contributed by atoms with van der Waals surface area (Å²) in [6, 6.07) is 9.79. The Kier molecular flexibility index (Phi) is 7.30. The van der Waals surface area contributed by atoms with Crippen molar-refractivity contribution in [2.24, 2.45) is 0 Å². The van der Waals surface area contributed by atoms with Gasteiger partial charge in [-0.2, -0.15) is 0 Å². The first-order valence-corrected chi connectivity index (χ1v) is 12.2. The number of methoxy groups -OCH3 is 2. The van der Waals surface area contributed by atoms with Crippen molar-refractivity contribution in [3.63, 3.8) is 0 Å². The van der Waals surface area contributed by atoms with Crippen LogP contribution in [0.25, 0.3) is 0 Å². The van der Waals surface area contributed by atoms with Crippen LogP contribution in [0.1, 0.15) is 38.6 Å². The Balaban J connectivity index is 1.82. The maximum absolute atomic E-state index is 13.8. The molecule has 0 saturated carbocycles. The van der Waals surface area contributed by atoms with Crippen LogP contribution in [0.3, 0.4) is 0 Å². The van der Waals surface area contributed by atoms with Crippen molar-refractivity contribution >= 4 is 57.2 Å². The molecule has 0 aliphatic carbocycles. The zero-order valence-corrected chi connectivity index (χ0v) is 21.3. The average Bonchev–Trinajstić information content (AvgIpc) is 3.49. The summed E-state index contributed by atoms with van der Waals surface area (Å²) in [5, 5.41) is 0.982. The standard InChI is InChI=1S/C24H23Cl2N3O4S/c1-14-21(23(31)28-10-4-5-11-28)27-24(34-14)29(16-7-9-19(32-2)20(13-16)33-3)22(30)17-8-6-15(25)12-18(17)26/h6-9,12-13H,4-5,10-11H2,1-3H3. The first-order chi connectivity index (χ1) is 16.3. The second kappa shape index (κ2) is 10.2. The smallest absolute Gasteiger partial charge is 0.273 e. The number of anilines is 2. The lowest BCUT2D eigenvalue weighted by molar-refractivity contribution is 0.0786. The highest BCUT2D eigenvalue weighted by atomic mass is 35.5. The van der Waals surface area contributed by atoms with E-state index in [2.05, 4.69) is 4.98 Å². The molecule has 0 N–H and O–H groups in total. The number of aryl methyl sites for hydroxylation is 1. The first kappa shape index (κ1) is 24.3. The number of aromatic nitrogens is 1. The minimum Gasteiger partial charge on any atom is -0.493 e. The molecule has 1 saturated heterocycles. The number of nitrogens with zero attached hydrogens (tertiary/aromatic N) is 3. The summed E-state index contributed by atoms with van der Waals surface area (Å²) in [6.07, 6.45) is 1.96. The van der Waals surface area contributed by atoms with Gasteiger partial charge in [-0.3, -0.25) is 14.5 Å². The molecule has 0 spiro atoms. The molecule has 2 heterocycles. The second-order valence-corrected chi connectivity index (χ2v) is 9.73. The Morgan fingerprint density at radius 3 is 2.38 bits per heavy atom. The number of carbonyl (C=O) groups excluding carboxylic acids is 2. The third-order valence-electron chi connectivity index (χ3n) is 5.56. The largest absolute Gasteiger partial charge is 0.493 e. The number of thiazole rings is 1. The van der Waals surface area contributed by atoms with Gasteiger partial charge in [-0.25, -0.2) is 4.98 Å². The van der Waals surface area contributed by atoms with Crippen molar-refractivity contribution in [1.82, 2.24) is 9.88 Å². The SMILES string of the molecule is COc1ccc(N(C(=O)c2ccc(Cl)cc2Cl)c2nc(C(=O)N3CCCC3)c(C)s2)cc1OC. The summed E-state index contributed by atoms with van der Waals surface area (Å²) < 4.78 is 10.8. The van der Waals surface area contributed by atoms with Gasteiger partial charge in [0.15, 0.2) is 16.6 Å². The van der Waals surface area contributed by atoms with E-state index in [1.54, 1.807) is 35.2 Å².